The minimum atomic E-state index is -0.387. The lowest BCUT2D eigenvalue weighted by Crippen LogP contribution is -2.30. The van der Waals surface area contributed by atoms with Gasteiger partial charge in [0.05, 0.1) is 12.2 Å². The van der Waals surface area contributed by atoms with Gasteiger partial charge >= 0.3 is 0 Å². The van der Waals surface area contributed by atoms with E-state index in [1.165, 1.54) is 0 Å². The number of hydrogen-bond donors (Lipinski definition) is 0. The van der Waals surface area contributed by atoms with E-state index < -0.39 is 0 Å². The van der Waals surface area contributed by atoms with Crippen LogP contribution in [0.2, 0.25) is 0 Å². The lowest BCUT2D eigenvalue weighted by Gasteiger charge is -2.24. The van der Waals surface area contributed by atoms with E-state index >= 15 is 0 Å². The molecule has 1 aliphatic heterocycles. The summed E-state index contributed by atoms with van der Waals surface area (Å²) < 4.78 is 11.3. The van der Waals surface area contributed by atoms with Gasteiger partial charge in [-0.15, -0.1) is 0 Å². The molecule has 1 heterocycles. The Labute approximate surface area is 114 Å². The molecule has 0 saturated heterocycles. The molecule has 1 aromatic rings. The molecule has 0 N–H and O–H groups in total. The van der Waals surface area contributed by atoms with E-state index in [-0.39, 0.29) is 17.8 Å². The van der Waals surface area contributed by atoms with Crippen LogP contribution in [0.1, 0.15) is 43.1 Å². The SMILES string of the molecule is CCOC(C(=O)c1cccc2c1OCCC2)C(C)C. The smallest absolute Gasteiger partial charge is 0.195 e. The van der Waals surface area contributed by atoms with Crippen LogP contribution in [0, 0.1) is 5.92 Å². The molecule has 1 atom stereocenters. The summed E-state index contributed by atoms with van der Waals surface area (Å²) in [5, 5.41) is 0. The van der Waals surface area contributed by atoms with Gasteiger partial charge in [0.1, 0.15) is 11.9 Å². The van der Waals surface area contributed by atoms with Crippen LogP contribution in [-0.4, -0.2) is 25.1 Å². The average molecular weight is 262 g/mol. The monoisotopic (exact) mass is 262 g/mol. The number of Topliss-reactive ketones (excluding diaryl/α,β-unsaturated/α-hetero) is 1. The van der Waals surface area contributed by atoms with Gasteiger partial charge in [-0.2, -0.15) is 0 Å². The van der Waals surface area contributed by atoms with Crippen molar-refractivity contribution in [2.24, 2.45) is 5.92 Å². The van der Waals surface area contributed by atoms with Gasteiger partial charge in [0.2, 0.25) is 0 Å². The average Bonchev–Trinajstić information content (AvgIpc) is 2.43. The molecule has 0 aromatic heterocycles. The third-order valence-electron chi connectivity index (χ3n) is 3.41. The molecule has 0 amide bonds. The maximum Gasteiger partial charge on any atom is 0.195 e. The molecule has 0 aliphatic carbocycles. The Morgan fingerprint density at radius 3 is 2.89 bits per heavy atom. The molecule has 1 unspecified atom stereocenters. The fourth-order valence-corrected chi connectivity index (χ4v) is 2.49. The Balaban J connectivity index is 2.32. The molecule has 104 valence electrons. The van der Waals surface area contributed by atoms with Crippen LogP contribution < -0.4 is 4.74 Å². The molecule has 0 bridgehead atoms. The molecule has 0 radical (unpaired) electrons. The normalized spacial score (nSPS) is 15.8. The van der Waals surface area contributed by atoms with E-state index in [1.807, 2.05) is 39.0 Å². The molecule has 3 heteroatoms. The maximum absolute atomic E-state index is 12.6. The summed E-state index contributed by atoms with van der Waals surface area (Å²) in [7, 11) is 0. The number of carbonyl (C=O) groups excluding carboxylic acids is 1. The number of para-hydroxylation sites is 1. The number of benzene rings is 1. The molecule has 1 aliphatic rings. The van der Waals surface area contributed by atoms with Crippen molar-refractivity contribution < 1.29 is 14.3 Å². The Kier molecular flexibility index (Phi) is 4.59. The van der Waals surface area contributed by atoms with Gasteiger partial charge in [0.25, 0.3) is 0 Å². The standard InChI is InChI=1S/C16H22O3/c1-4-18-15(11(2)3)14(17)13-9-5-7-12-8-6-10-19-16(12)13/h5,7,9,11,15H,4,6,8,10H2,1-3H3. The van der Waals surface area contributed by atoms with Crippen LogP contribution in [-0.2, 0) is 11.2 Å². The molecule has 0 spiro atoms. The minimum absolute atomic E-state index is 0.0376. The molecule has 19 heavy (non-hydrogen) atoms. The molecular formula is C16H22O3. The highest BCUT2D eigenvalue weighted by Crippen LogP contribution is 2.30. The molecule has 1 aromatic carbocycles. The van der Waals surface area contributed by atoms with Gasteiger partial charge < -0.3 is 9.47 Å². The number of ether oxygens (including phenoxy) is 2. The second kappa shape index (κ2) is 6.20. The number of rotatable bonds is 5. The molecule has 3 nitrogen and oxygen atoms in total. The molecule has 2 rings (SSSR count). The first-order valence-corrected chi connectivity index (χ1v) is 7.05. The highest BCUT2D eigenvalue weighted by atomic mass is 16.5. The first-order valence-electron chi connectivity index (χ1n) is 7.05. The Hall–Kier alpha value is -1.35. The molecule has 0 saturated carbocycles. The molecular weight excluding hydrogens is 240 g/mol. The van der Waals surface area contributed by atoms with Crippen molar-refractivity contribution in [3.8, 4) is 5.75 Å². The van der Waals surface area contributed by atoms with Crippen molar-refractivity contribution in [2.75, 3.05) is 13.2 Å². The predicted molar refractivity (Wildman–Crippen MR) is 74.8 cm³/mol. The van der Waals surface area contributed by atoms with Crippen LogP contribution >= 0.6 is 0 Å². The van der Waals surface area contributed by atoms with Gasteiger partial charge in [0.15, 0.2) is 5.78 Å². The van der Waals surface area contributed by atoms with Gasteiger partial charge in [-0.3, -0.25) is 4.79 Å². The predicted octanol–water partition coefficient (Wildman–Crippen LogP) is 3.26. The molecule has 0 fully saturated rings. The number of hydrogen-bond acceptors (Lipinski definition) is 3. The lowest BCUT2D eigenvalue weighted by atomic mass is 9.93. The van der Waals surface area contributed by atoms with Gasteiger partial charge in [-0.1, -0.05) is 26.0 Å². The number of ketones is 1. The van der Waals surface area contributed by atoms with E-state index in [1.54, 1.807) is 0 Å². The van der Waals surface area contributed by atoms with Crippen molar-refractivity contribution in [3.63, 3.8) is 0 Å². The largest absolute Gasteiger partial charge is 0.493 e. The van der Waals surface area contributed by atoms with E-state index in [0.29, 0.717) is 18.8 Å². The van der Waals surface area contributed by atoms with Gasteiger partial charge in [-0.05, 0) is 37.3 Å². The lowest BCUT2D eigenvalue weighted by molar-refractivity contribution is 0.0276. The summed E-state index contributed by atoms with van der Waals surface area (Å²) in [6, 6.07) is 5.82. The highest BCUT2D eigenvalue weighted by molar-refractivity contribution is 6.02. The van der Waals surface area contributed by atoms with E-state index in [0.717, 1.165) is 24.2 Å². The number of fused-ring (bicyclic) bond motifs is 1. The fourth-order valence-electron chi connectivity index (χ4n) is 2.49. The minimum Gasteiger partial charge on any atom is -0.493 e. The zero-order valence-corrected chi connectivity index (χ0v) is 11.9. The van der Waals surface area contributed by atoms with Crippen LogP contribution in [0.5, 0.6) is 5.75 Å². The van der Waals surface area contributed by atoms with Crippen molar-refractivity contribution in [1.82, 2.24) is 0 Å². The summed E-state index contributed by atoms with van der Waals surface area (Å²) in [6.07, 6.45) is 1.61. The third kappa shape index (κ3) is 2.98. The topological polar surface area (TPSA) is 35.5 Å². The van der Waals surface area contributed by atoms with E-state index in [9.17, 15) is 4.79 Å². The summed E-state index contributed by atoms with van der Waals surface area (Å²) in [6.45, 7) is 7.17. The summed E-state index contributed by atoms with van der Waals surface area (Å²) in [5.74, 6) is 0.964. The highest BCUT2D eigenvalue weighted by Gasteiger charge is 2.28. The Morgan fingerprint density at radius 2 is 2.21 bits per heavy atom. The van der Waals surface area contributed by atoms with Crippen molar-refractivity contribution >= 4 is 5.78 Å². The van der Waals surface area contributed by atoms with Crippen molar-refractivity contribution in [1.29, 1.82) is 0 Å². The summed E-state index contributed by atoms with van der Waals surface area (Å²) in [5.41, 5.74) is 1.81. The Morgan fingerprint density at radius 1 is 1.42 bits per heavy atom. The summed E-state index contributed by atoms with van der Waals surface area (Å²) >= 11 is 0. The zero-order valence-electron chi connectivity index (χ0n) is 11.9. The second-order valence-electron chi connectivity index (χ2n) is 5.23. The quantitative estimate of drug-likeness (QED) is 0.764. The number of carbonyl (C=O) groups is 1. The van der Waals surface area contributed by atoms with Crippen molar-refractivity contribution in [2.45, 2.75) is 39.7 Å². The van der Waals surface area contributed by atoms with Crippen LogP contribution in [0.15, 0.2) is 18.2 Å². The van der Waals surface area contributed by atoms with Gasteiger partial charge in [-0.25, -0.2) is 0 Å². The third-order valence-corrected chi connectivity index (χ3v) is 3.41. The first kappa shape index (κ1) is 14.1. The second-order valence-corrected chi connectivity index (χ2v) is 5.23. The van der Waals surface area contributed by atoms with E-state index in [2.05, 4.69) is 0 Å². The summed E-state index contributed by atoms with van der Waals surface area (Å²) in [4.78, 5) is 12.6. The number of aryl methyl sites for hydroxylation is 1. The maximum atomic E-state index is 12.6. The first-order chi connectivity index (χ1) is 9.15. The van der Waals surface area contributed by atoms with Crippen LogP contribution in [0.3, 0.4) is 0 Å². The fraction of sp³-hybridized carbons (Fsp3) is 0.562. The Bertz CT molecular complexity index is 451. The van der Waals surface area contributed by atoms with Crippen molar-refractivity contribution in [3.05, 3.63) is 29.3 Å². The van der Waals surface area contributed by atoms with Gasteiger partial charge in [0, 0.05) is 6.61 Å². The van der Waals surface area contributed by atoms with E-state index in [4.69, 9.17) is 9.47 Å². The zero-order chi connectivity index (χ0) is 13.8. The van der Waals surface area contributed by atoms with Crippen LogP contribution in [0.4, 0.5) is 0 Å². The van der Waals surface area contributed by atoms with Crippen LogP contribution in [0.25, 0.3) is 0 Å².